The van der Waals surface area contributed by atoms with Gasteiger partial charge in [-0.25, -0.2) is 9.59 Å². The zero-order valence-corrected chi connectivity index (χ0v) is 19.2. The van der Waals surface area contributed by atoms with Gasteiger partial charge in [-0.1, -0.05) is 39.5 Å². The predicted molar refractivity (Wildman–Crippen MR) is 121 cm³/mol. The minimum Gasteiger partial charge on any atom is -0.507 e. The molecule has 33 heavy (non-hydrogen) atoms. The molecule has 0 amide bonds. The number of carboxylic acids is 1. The van der Waals surface area contributed by atoms with E-state index in [9.17, 15) is 24.9 Å². The van der Waals surface area contributed by atoms with Crippen LogP contribution in [0.25, 0.3) is 0 Å². The Labute approximate surface area is 192 Å². The van der Waals surface area contributed by atoms with E-state index in [0.717, 1.165) is 38.2 Å². The van der Waals surface area contributed by atoms with Crippen molar-refractivity contribution in [1.29, 1.82) is 0 Å². The quantitative estimate of drug-likeness (QED) is 0.239. The fourth-order valence-electron chi connectivity index (χ4n) is 4.06. The molecule has 8 heteroatoms. The second-order valence-electron chi connectivity index (χ2n) is 8.08. The minimum atomic E-state index is -1.32. The number of carbonyl (C=O) groups excluding carboxylic acids is 1. The van der Waals surface area contributed by atoms with Crippen molar-refractivity contribution in [1.82, 2.24) is 0 Å². The number of rotatable bonds is 10. The molecule has 1 heterocycles. The molecule has 0 aromatic heterocycles. The third-order valence-corrected chi connectivity index (χ3v) is 5.75. The van der Waals surface area contributed by atoms with Crippen molar-refractivity contribution in [3.8, 4) is 34.5 Å². The minimum absolute atomic E-state index is 0.00327. The number of hydrogen-bond acceptors (Lipinski definition) is 7. The lowest BCUT2D eigenvalue weighted by Gasteiger charge is -2.18. The lowest BCUT2D eigenvalue weighted by atomic mass is 9.98. The molecule has 0 saturated heterocycles. The van der Waals surface area contributed by atoms with E-state index >= 15 is 0 Å². The van der Waals surface area contributed by atoms with Crippen LogP contribution in [0.2, 0.25) is 0 Å². The second kappa shape index (κ2) is 10.5. The lowest BCUT2D eigenvalue weighted by Crippen LogP contribution is -2.11. The Bertz CT molecular complexity index is 1060. The van der Waals surface area contributed by atoms with Crippen molar-refractivity contribution in [2.24, 2.45) is 0 Å². The van der Waals surface area contributed by atoms with E-state index in [1.807, 2.05) is 6.92 Å². The Morgan fingerprint density at radius 3 is 2.24 bits per heavy atom. The second-order valence-corrected chi connectivity index (χ2v) is 8.08. The topological polar surface area (TPSA) is 123 Å². The predicted octanol–water partition coefficient (Wildman–Crippen LogP) is 5.59. The van der Waals surface area contributed by atoms with Crippen LogP contribution in [0.3, 0.4) is 0 Å². The first-order chi connectivity index (χ1) is 15.8. The Balaban J connectivity index is 2.22. The molecule has 0 saturated carbocycles. The molecular weight excluding hydrogens is 428 g/mol. The lowest BCUT2D eigenvalue weighted by molar-refractivity contribution is 0.0691. The van der Waals surface area contributed by atoms with E-state index in [4.69, 9.17) is 14.2 Å². The number of phenolic OH excluding ortho intramolecular Hbond substituents is 1. The maximum atomic E-state index is 13.1. The summed E-state index contributed by atoms with van der Waals surface area (Å²) in [5.41, 5.74) is 0.564. The third kappa shape index (κ3) is 4.84. The van der Waals surface area contributed by atoms with E-state index in [0.29, 0.717) is 18.4 Å². The number of carboxylic acid groups (broad SMARTS) is 1. The van der Waals surface area contributed by atoms with Crippen molar-refractivity contribution in [2.45, 2.75) is 65.2 Å². The molecule has 0 spiro atoms. The standard InChI is InChI=1S/C25H30O8/c1-4-6-8-10-14-12-17(31-3)21(27)23-19(14)25(30)32-18-13-16(26)20(24(28)29)15(22(18)33-23)11-9-7-5-2/h12-13,26-27H,4-11H2,1-3H3,(H,28,29). The van der Waals surface area contributed by atoms with E-state index in [1.165, 1.54) is 7.11 Å². The maximum absolute atomic E-state index is 13.1. The van der Waals surface area contributed by atoms with Crippen molar-refractivity contribution in [3.05, 3.63) is 34.4 Å². The molecule has 178 valence electrons. The molecule has 0 radical (unpaired) electrons. The highest BCUT2D eigenvalue weighted by molar-refractivity contribution is 6.00. The number of hydrogen-bond donors (Lipinski definition) is 3. The van der Waals surface area contributed by atoms with Crippen molar-refractivity contribution < 1.29 is 39.1 Å². The van der Waals surface area contributed by atoms with Gasteiger partial charge in [-0.15, -0.1) is 0 Å². The average Bonchev–Trinajstić information content (AvgIpc) is 2.91. The van der Waals surface area contributed by atoms with Crippen molar-refractivity contribution >= 4 is 11.9 Å². The molecule has 8 nitrogen and oxygen atoms in total. The van der Waals surface area contributed by atoms with Crippen molar-refractivity contribution in [3.63, 3.8) is 0 Å². The summed E-state index contributed by atoms with van der Waals surface area (Å²) >= 11 is 0. The van der Waals surface area contributed by atoms with Crippen LogP contribution in [-0.2, 0) is 12.8 Å². The maximum Gasteiger partial charge on any atom is 0.347 e. The summed E-state index contributed by atoms with van der Waals surface area (Å²) in [6.07, 6.45) is 5.95. The highest BCUT2D eigenvalue weighted by atomic mass is 16.6. The SMILES string of the molecule is CCCCCc1cc(OC)c(O)c2c1C(=O)Oc1cc(O)c(C(=O)O)c(CCCCC)c1O2. The largest absolute Gasteiger partial charge is 0.507 e. The summed E-state index contributed by atoms with van der Waals surface area (Å²) in [4.78, 5) is 25.1. The number of ether oxygens (including phenoxy) is 3. The number of esters is 1. The van der Waals surface area contributed by atoms with Gasteiger partial charge in [-0.3, -0.25) is 0 Å². The molecule has 0 unspecified atom stereocenters. The van der Waals surface area contributed by atoms with Gasteiger partial charge in [0.2, 0.25) is 5.75 Å². The van der Waals surface area contributed by atoms with Gasteiger partial charge in [0.15, 0.2) is 23.0 Å². The number of aromatic hydroxyl groups is 2. The van der Waals surface area contributed by atoms with Crippen LogP contribution >= 0.6 is 0 Å². The molecular formula is C25H30O8. The third-order valence-electron chi connectivity index (χ3n) is 5.75. The number of methoxy groups -OCH3 is 1. The molecule has 0 atom stereocenters. The Hall–Kier alpha value is -3.42. The molecule has 0 bridgehead atoms. The number of phenols is 2. The molecule has 0 aliphatic carbocycles. The van der Waals surface area contributed by atoms with Gasteiger partial charge < -0.3 is 29.5 Å². The number of fused-ring (bicyclic) bond motifs is 2. The van der Waals surface area contributed by atoms with Crippen molar-refractivity contribution in [2.75, 3.05) is 7.11 Å². The Morgan fingerprint density at radius 1 is 0.970 bits per heavy atom. The van der Waals surface area contributed by atoms with E-state index in [2.05, 4.69) is 6.92 Å². The van der Waals surface area contributed by atoms with Gasteiger partial charge in [0.1, 0.15) is 16.9 Å². The number of aromatic carboxylic acids is 1. The van der Waals surface area contributed by atoms with Gasteiger partial charge in [0, 0.05) is 11.6 Å². The Morgan fingerprint density at radius 2 is 1.64 bits per heavy atom. The van der Waals surface area contributed by atoms with Gasteiger partial charge in [-0.2, -0.15) is 0 Å². The number of benzene rings is 2. The zero-order valence-electron chi connectivity index (χ0n) is 19.2. The van der Waals surface area contributed by atoms with Gasteiger partial charge >= 0.3 is 11.9 Å². The fourth-order valence-corrected chi connectivity index (χ4v) is 4.06. The first kappa shape index (κ1) is 24.2. The molecule has 3 rings (SSSR count). The van der Waals surface area contributed by atoms with E-state index < -0.39 is 17.7 Å². The average molecular weight is 459 g/mol. The molecule has 1 aliphatic rings. The summed E-state index contributed by atoms with van der Waals surface area (Å²) in [7, 11) is 1.40. The van der Waals surface area contributed by atoms with E-state index in [1.54, 1.807) is 6.07 Å². The summed E-state index contributed by atoms with van der Waals surface area (Å²) in [5.74, 6) is -3.06. The summed E-state index contributed by atoms with van der Waals surface area (Å²) < 4.78 is 16.9. The van der Waals surface area contributed by atoms with Crippen LogP contribution in [0, 0.1) is 0 Å². The first-order valence-corrected chi connectivity index (χ1v) is 11.3. The highest BCUT2D eigenvalue weighted by Gasteiger charge is 2.34. The number of unbranched alkanes of at least 4 members (excludes halogenated alkanes) is 4. The zero-order chi connectivity index (χ0) is 24.1. The van der Waals surface area contributed by atoms with Crippen LogP contribution in [0.1, 0.15) is 84.2 Å². The van der Waals surface area contributed by atoms with Crippen LogP contribution in [-0.4, -0.2) is 34.4 Å². The van der Waals surface area contributed by atoms with Crippen LogP contribution in [0.15, 0.2) is 12.1 Å². The summed E-state index contributed by atoms with van der Waals surface area (Å²) in [5, 5.41) is 31.0. The van der Waals surface area contributed by atoms with Crippen LogP contribution in [0.5, 0.6) is 34.5 Å². The highest BCUT2D eigenvalue weighted by Crippen LogP contribution is 2.51. The molecule has 1 aliphatic heterocycles. The molecule has 2 aromatic carbocycles. The van der Waals surface area contributed by atoms with Gasteiger partial charge in [-0.05, 0) is 37.3 Å². The monoisotopic (exact) mass is 458 g/mol. The number of aryl methyl sites for hydroxylation is 1. The fraction of sp³-hybridized carbons (Fsp3) is 0.440. The van der Waals surface area contributed by atoms with Crippen LogP contribution in [0.4, 0.5) is 0 Å². The summed E-state index contributed by atoms with van der Waals surface area (Å²) in [6.45, 7) is 4.08. The molecule has 0 fully saturated rings. The Kier molecular flexibility index (Phi) is 7.68. The van der Waals surface area contributed by atoms with E-state index in [-0.39, 0.29) is 51.9 Å². The number of carbonyl (C=O) groups is 2. The van der Waals surface area contributed by atoms with Gasteiger partial charge in [0.05, 0.1) is 7.11 Å². The van der Waals surface area contributed by atoms with Gasteiger partial charge in [0.25, 0.3) is 0 Å². The van der Waals surface area contributed by atoms with Crippen LogP contribution < -0.4 is 14.2 Å². The molecule has 3 N–H and O–H groups in total. The first-order valence-electron chi connectivity index (χ1n) is 11.3. The molecule has 2 aromatic rings. The smallest absolute Gasteiger partial charge is 0.347 e. The summed E-state index contributed by atoms with van der Waals surface area (Å²) in [6, 6.07) is 2.66. The normalized spacial score (nSPS) is 12.3.